The minimum atomic E-state index is -0.261. The highest BCUT2D eigenvalue weighted by molar-refractivity contribution is 6.03. The van der Waals surface area contributed by atoms with E-state index in [4.69, 9.17) is 18.9 Å². The molecule has 2 rings (SSSR count). The lowest BCUT2D eigenvalue weighted by atomic mass is 10.1. The maximum absolute atomic E-state index is 11.9. The first-order chi connectivity index (χ1) is 19.0. The van der Waals surface area contributed by atoms with Crippen LogP contribution in [0.25, 0.3) is 0 Å². The molecule has 1 fully saturated rings. The smallest absolute Gasteiger partial charge is 0.232 e. The van der Waals surface area contributed by atoms with Crippen molar-refractivity contribution in [1.82, 2.24) is 25.2 Å². The van der Waals surface area contributed by atoms with Crippen molar-refractivity contribution in [1.29, 1.82) is 0 Å². The molecule has 0 bridgehead atoms. The summed E-state index contributed by atoms with van der Waals surface area (Å²) in [5.74, 6) is -0.590. The van der Waals surface area contributed by atoms with Crippen LogP contribution >= 0.6 is 0 Å². The van der Waals surface area contributed by atoms with Gasteiger partial charge in [0.25, 0.3) is 0 Å². The van der Waals surface area contributed by atoms with Gasteiger partial charge in [0.2, 0.25) is 11.8 Å². The van der Waals surface area contributed by atoms with E-state index in [0.29, 0.717) is 71.5 Å². The van der Waals surface area contributed by atoms with E-state index in [9.17, 15) is 14.4 Å². The average molecular weight is 560 g/mol. The van der Waals surface area contributed by atoms with Crippen molar-refractivity contribution in [3.63, 3.8) is 0 Å². The van der Waals surface area contributed by atoms with Gasteiger partial charge in [0.15, 0.2) is 0 Å². The second-order valence-corrected chi connectivity index (χ2v) is 7.90. The molecule has 2 heterocycles. The van der Waals surface area contributed by atoms with Gasteiger partial charge in [0, 0.05) is 18.8 Å². The molecular weight excluding hydrogens is 506 g/mol. The zero-order valence-electron chi connectivity index (χ0n) is 25.3. The molecular formula is C27H53N5O7. The van der Waals surface area contributed by atoms with Crippen molar-refractivity contribution in [2.24, 2.45) is 5.92 Å². The van der Waals surface area contributed by atoms with Gasteiger partial charge in [-0.1, -0.05) is 46.8 Å². The lowest BCUT2D eigenvalue weighted by Gasteiger charge is -2.11. The lowest BCUT2D eigenvalue weighted by Crippen LogP contribution is -2.29. The van der Waals surface area contributed by atoms with Crippen molar-refractivity contribution in [2.75, 3.05) is 66.4 Å². The molecule has 0 radical (unpaired) electrons. The largest absolute Gasteiger partial charge is 0.379 e. The Morgan fingerprint density at radius 2 is 1.49 bits per heavy atom. The van der Waals surface area contributed by atoms with Crippen LogP contribution in [0.3, 0.4) is 0 Å². The number of hydrogen-bond donors (Lipinski definition) is 1. The summed E-state index contributed by atoms with van der Waals surface area (Å²) >= 11 is 0. The van der Waals surface area contributed by atoms with E-state index in [-0.39, 0.29) is 30.7 Å². The Balaban J connectivity index is 0. The highest BCUT2D eigenvalue weighted by Crippen LogP contribution is 2.20. The number of aldehydes is 1. The molecule has 12 nitrogen and oxygen atoms in total. The fraction of sp³-hybridized carbons (Fsp3) is 0.815. The van der Waals surface area contributed by atoms with Crippen LogP contribution in [0.5, 0.6) is 0 Å². The number of amides is 2. The fourth-order valence-corrected chi connectivity index (χ4v) is 3.00. The number of rotatable bonds is 19. The van der Waals surface area contributed by atoms with Crippen LogP contribution in [0.4, 0.5) is 0 Å². The van der Waals surface area contributed by atoms with Gasteiger partial charge in [0.1, 0.15) is 12.0 Å². The monoisotopic (exact) mass is 559 g/mol. The van der Waals surface area contributed by atoms with Crippen molar-refractivity contribution in [3.8, 4) is 0 Å². The molecule has 228 valence electrons. The highest BCUT2D eigenvalue weighted by Gasteiger charge is 2.35. The Morgan fingerprint density at radius 1 is 0.949 bits per heavy atom. The standard InChI is InChI=1S/C19H30N4O7.C4H11N.2C2H6/c1-16-13-18(25)23(19(16)26)15-17-14-22(21-20-17)3-6-28-8-10-30-12-11-29-9-7-27-5-2-4-24;1-3-4-5-2;2*1-2/h4,14,16H,2-3,5-13,15H2,1H3;5H,3-4H2,1-2H3;2*1-2H3. The zero-order valence-corrected chi connectivity index (χ0v) is 25.3. The lowest BCUT2D eigenvalue weighted by molar-refractivity contribution is -0.140. The first kappa shape index (κ1) is 38.9. The number of carbonyl (C=O) groups excluding carboxylic acids is 3. The van der Waals surface area contributed by atoms with E-state index in [1.807, 2.05) is 34.7 Å². The molecule has 0 aliphatic carbocycles. The Kier molecular flexibility index (Phi) is 28.7. The molecule has 12 heteroatoms. The number of aromatic nitrogens is 3. The van der Waals surface area contributed by atoms with Crippen LogP contribution < -0.4 is 5.32 Å². The minimum absolute atomic E-state index is 0.156. The third kappa shape index (κ3) is 20.3. The van der Waals surface area contributed by atoms with E-state index in [1.54, 1.807) is 17.8 Å². The van der Waals surface area contributed by atoms with E-state index >= 15 is 0 Å². The maximum Gasteiger partial charge on any atom is 0.232 e. The van der Waals surface area contributed by atoms with Crippen molar-refractivity contribution >= 4 is 18.1 Å². The fourth-order valence-electron chi connectivity index (χ4n) is 3.00. The summed E-state index contributed by atoms with van der Waals surface area (Å²) in [5.41, 5.74) is 0.572. The number of likely N-dealkylation sites (tertiary alicyclic amines) is 1. The predicted molar refractivity (Wildman–Crippen MR) is 150 cm³/mol. The molecule has 1 aliphatic heterocycles. The van der Waals surface area contributed by atoms with Crippen molar-refractivity contribution in [3.05, 3.63) is 11.9 Å². The molecule has 1 saturated heterocycles. The maximum atomic E-state index is 11.9. The summed E-state index contributed by atoms with van der Waals surface area (Å²) in [4.78, 5) is 35.1. The molecule has 1 aromatic rings. The van der Waals surface area contributed by atoms with Crippen molar-refractivity contribution < 1.29 is 33.3 Å². The normalized spacial score (nSPS) is 14.1. The number of hydrogen-bond acceptors (Lipinski definition) is 10. The van der Waals surface area contributed by atoms with Gasteiger partial charge in [-0.15, -0.1) is 5.10 Å². The first-order valence-corrected chi connectivity index (χ1v) is 14.2. The predicted octanol–water partition coefficient (Wildman–Crippen LogP) is 2.50. The van der Waals surface area contributed by atoms with Crippen LogP contribution in [0.1, 0.15) is 66.5 Å². The Bertz CT molecular complexity index is 716. The molecule has 1 unspecified atom stereocenters. The molecule has 1 N–H and O–H groups in total. The van der Waals surface area contributed by atoms with Gasteiger partial charge >= 0.3 is 0 Å². The summed E-state index contributed by atoms with van der Waals surface area (Å²) in [5, 5.41) is 11.0. The number of carbonyl (C=O) groups is 3. The highest BCUT2D eigenvalue weighted by atomic mass is 16.6. The van der Waals surface area contributed by atoms with Crippen LogP contribution in [0.15, 0.2) is 6.20 Å². The molecule has 0 saturated carbocycles. The number of imide groups is 1. The summed E-state index contributed by atoms with van der Waals surface area (Å²) in [7, 11) is 1.96. The Labute approximate surface area is 235 Å². The first-order valence-electron chi connectivity index (χ1n) is 14.2. The van der Waals surface area contributed by atoms with Gasteiger partial charge in [-0.05, 0) is 20.0 Å². The Hall–Kier alpha value is -2.25. The van der Waals surface area contributed by atoms with Gasteiger partial charge in [0.05, 0.1) is 72.1 Å². The molecule has 39 heavy (non-hydrogen) atoms. The topological polar surface area (TPSA) is 134 Å². The van der Waals surface area contributed by atoms with E-state index in [2.05, 4.69) is 22.6 Å². The molecule has 0 aromatic carbocycles. The van der Waals surface area contributed by atoms with Gasteiger partial charge < -0.3 is 29.1 Å². The number of nitrogens with zero attached hydrogens (tertiary/aromatic N) is 4. The van der Waals surface area contributed by atoms with Crippen LogP contribution in [-0.2, 0) is 46.4 Å². The molecule has 0 spiro atoms. The quantitative estimate of drug-likeness (QED) is 0.153. The zero-order chi connectivity index (χ0) is 29.7. The third-order valence-electron chi connectivity index (χ3n) is 4.84. The van der Waals surface area contributed by atoms with E-state index in [1.165, 1.54) is 11.3 Å². The second kappa shape index (κ2) is 28.8. The number of nitrogens with one attached hydrogen (secondary N) is 1. The number of ether oxygens (including phenoxy) is 4. The van der Waals surface area contributed by atoms with Crippen molar-refractivity contribution in [2.45, 2.75) is 73.9 Å². The average Bonchev–Trinajstić information content (AvgIpc) is 3.50. The summed E-state index contributed by atoms with van der Waals surface area (Å²) in [6.45, 7) is 17.4. The minimum Gasteiger partial charge on any atom is -0.379 e. The molecule has 2 amide bonds. The van der Waals surface area contributed by atoms with E-state index < -0.39 is 0 Å². The summed E-state index contributed by atoms with van der Waals surface area (Å²) in [6, 6.07) is 0. The second-order valence-electron chi connectivity index (χ2n) is 7.90. The summed E-state index contributed by atoms with van der Waals surface area (Å²) < 4.78 is 23.0. The SMILES string of the molecule is CC.CC.CC1CC(=O)N(Cc2cn(CCOCCOCCOCCOCCC=O)nn2)C1=O.CCCNC. The van der Waals surface area contributed by atoms with Crippen LogP contribution in [-0.4, -0.2) is 104 Å². The Morgan fingerprint density at radius 3 is 1.92 bits per heavy atom. The van der Waals surface area contributed by atoms with Gasteiger partial charge in [-0.2, -0.15) is 0 Å². The van der Waals surface area contributed by atoms with E-state index in [0.717, 1.165) is 12.8 Å². The van der Waals surface area contributed by atoms with Crippen LogP contribution in [0.2, 0.25) is 0 Å². The molecule has 1 aromatic heterocycles. The summed E-state index contributed by atoms with van der Waals surface area (Å²) in [6.07, 6.45) is 4.43. The third-order valence-corrected chi connectivity index (χ3v) is 4.84. The molecule has 1 aliphatic rings. The van der Waals surface area contributed by atoms with Gasteiger partial charge in [-0.25, -0.2) is 4.68 Å². The van der Waals surface area contributed by atoms with Crippen LogP contribution in [0, 0.1) is 5.92 Å². The van der Waals surface area contributed by atoms with Gasteiger partial charge in [-0.3, -0.25) is 14.5 Å². The molecule has 1 atom stereocenters.